The summed E-state index contributed by atoms with van der Waals surface area (Å²) < 4.78 is 6.75. The van der Waals surface area contributed by atoms with Gasteiger partial charge in [-0.25, -0.2) is 9.48 Å². The number of hydrogen-bond donors (Lipinski definition) is 1. The van der Waals surface area contributed by atoms with E-state index in [2.05, 4.69) is 5.10 Å². The molecule has 0 aliphatic heterocycles. The highest BCUT2D eigenvalue weighted by Gasteiger charge is 2.21. The summed E-state index contributed by atoms with van der Waals surface area (Å²) in [4.78, 5) is 12.2. The minimum atomic E-state index is -0.466. The molecule has 0 radical (unpaired) electrons. The van der Waals surface area contributed by atoms with E-state index in [0.29, 0.717) is 22.0 Å². The van der Waals surface area contributed by atoms with E-state index >= 15 is 0 Å². The van der Waals surface area contributed by atoms with Crippen molar-refractivity contribution in [3.8, 4) is 5.69 Å². The molecule has 6 heteroatoms. The molecule has 5 nitrogen and oxygen atoms in total. The highest BCUT2D eigenvalue weighted by atomic mass is 35.5. The second kappa shape index (κ2) is 5.77. The number of anilines is 1. The Morgan fingerprint density at radius 3 is 2.57 bits per heavy atom. The fraction of sp³-hybridized carbons (Fsp3) is 0.333. The molecular formula is C15H18ClN3O2. The van der Waals surface area contributed by atoms with E-state index in [9.17, 15) is 4.79 Å². The first-order valence-electron chi connectivity index (χ1n) is 6.66. The molecule has 112 valence electrons. The Hall–Kier alpha value is -2.01. The lowest BCUT2D eigenvalue weighted by molar-refractivity contribution is 0.0526. The normalized spacial score (nSPS) is 10.7. The van der Waals surface area contributed by atoms with Gasteiger partial charge in [0.05, 0.1) is 28.6 Å². The summed E-state index contributed by atoms with van der Waals surface area (Å²) in [7, 11) is 0. The Bertz CT molecular complexity index is 707. The Morgan fingerprint density at radius 1 is 1.38 bits per heavy atom. The Balaban J connectivity index is 2.72. The molecule has 21 heavy (non-hydrogen) atoms. The molecule has 0 saturated carbocycles. The minimum absolute atomic E-state index is 0.279. The molecule has 0 atom stereocenters. The Morgan fingerprint density at radius 2 is 2.05 bits per heavy atom. The number of nitrogens with two attached hydrogens (primary N) is 1. The van der Waals surface area contributed by atoms with E-state index in [1.807, 2.05) is 20.8 Å². The van der Waals surface area contributed by atoms with Crippen molar-refractivity contribution in [1.29, 1.82) is 0 Å². The molecule has 1 aromatic carbocycles. The van der Waals surface area contributed by atoms with Gasteiger partial charge in [-0.05, 0) is 45.4 Å². The number of benzene rings is 1. The third kappa shape index (κ3) is 2.74. The van der Waals surface area contributed by atoms with Crippen LogP contribution in [0.3, 0.4) is 0 Å². The van der Waals surface area contributed by atoms with Gasteiger partial charge in [0, 0.05) is 11.4 Å². The van der Waals surface area contributed by atoms with E-state index in [-0.39, 0.29) is 6.61 Å². The number of carbonyl (C=O) groups is 1. The van der Waals surface area contributed by atoms with E-state index in [1.54, 1.807) is 23.7 Å². The van der Waals surface area contributed by atoms with Crippen LogP contribution in [0.1, 0.15) is 34.2 Å². The van der Waals surface area contributed by atoms with Crippen molar-refractivity contribution in [3.63, 3.8) is 0 Å². The smallest absolute Gasteiger partial charge is 0.340 e. The number of esters is 1. The minimum Gasteiger partial charge on any atom is -0.462 e. The van der Waals surface area contributed by atoms with Crippen molar-refractivity contribution in [2.45, 2.75) is 27.7 Å². The van der Waals surface area contributed by atoms with Crippen LogP contribution in [-0.2, 0) is 4.74 Å². The molecule has 0 saturated heterocycles. The zero-order valence-corrected chi connectivity index (χ0v) is 13.3. The lowest BCUT2D eigenvalue weighted by Gasteiger charge is -2.13. The van der Waals surface area contributed by atoms with E-state index in [4.69, 9.17) is 22.1 Å². The van der Waals surface area contributed by atoms with Crippen LogP contribution in [0.2, 0.25) is 5.02 Å². The average molecular weight is 308 g/mol. The van der Waals surface area contributed by atoms with Crippen molar-refractivity contribution >= 4 is 23.3 Å². The maximum Gasteiger partial charge on any atom is 0.340 e. The maximum atomic E-state index is 12.2. The van der Waals surface area contributed by atoms with Crippen LogP contribution in [0.4, 0.5) is 5.69 Å². The summed E-state index contributed by atoms with van der Waals surface area (Å²) in [5.41, 5.74) is 9.87. The van der Waals surface area contributed by atoms with Crippen LogP contribution < -0.4 is 5.73 Å². The number of aryl methyl sites for hydroxylation is 1. The molecule has 2 N–H and O–H groups in total. The van der Waals surface area contributed by atoms with E-state index in [1.165, 1.54) is 0 Å². The lowest BCUT2D eigenvalue weighted by atomic mass is 10.1. The van der Waals surface area contributed by atoms with Crippen molar-refractivity contribution in [2.24, 2.45) is 0 Å². The van der Waals surface area contributed by atoms with Crippen molar-refractivity contribution in [1.82, 2.24) is 9.78 Å². The van der Waals surface area contributed by atoms with Gasteiger partial charge in [-0.15, -0.1) is 0 Å². The molecule has 0 bridgehead atoms. The standard InChI is InChI=1S/C15H18ClN3O2/c1-5-21-15(20)12-6-11(17)7-13(16)14(12)19-10(4)8(2)9(3)18-19/h6-7H,5,17H2,1-4H3. The average Bonchev–Trinajstić information content (AvgIpc) is 2.66. The van der Waals surface area contributed by atoms with Crippen molar-refractivity contribution < 1.29 is 9.53 Å². The van der Waals surface area contributed by atoms with Gasteiger partial charge in [-0.3, -0.25) is 0 Å². The van der Waals surface area contributed by atoms with Gasteiger partial charge in [-0.1, -0.05) is 11.6 Å². The summed E-state index contributed by atoms with van der Waals surface area (Å²) in [6.07, 6.45) is 0. The summed E-state index contributed by atoms with van der Waals surface area (Å²) in [6.45, 7) is 7.84. The fourth-order valence-electron chi connectivity index (χ4n) is 2.14. The van der Waals surface area contributed by atoms with Crippen LogP contribution in [0.25, 0.3) is 5.69 Å². The maximum absolute atomic E-state index is 12.2. The van der Waals surface area contributed by atoms with E-state index in [0.717, 1.165) is 17.0 Å². The summed E-state index contributed by atoms with van der Waals surface area (Å²) in [5, 5.41) is 4.82. The van der Waals surface area contributed by atoms with Crippen LogP contribution in [-0.4, -0.2) is 22.4 Å². The van der Waals surface area contributed by atoms with E-state index < -0.39 is 5.97 Å². The number of hydrogen-bond acceptors (Lipinski definition) is 4. The first-order valence-corrected chi connectivity index (χ1v) is 7.04. The fourth-order valence-corrected chi connectivity index (χ4v) is 2.45. The van der Waals surface area contributed by atoms with Crippen molar-refractivity contribution in [2.75, 3.05) is 12.3 Å². The lowest BCUT2D eigenvalue weighted by Crippen LogP contribution is -2.13. The van der Waals surface area contributed by atoms with Gasteiger partial charge in [0.25, 0.3) is 0 Å². The van der Waals surface area contributed by atoms with Crippen LogP contribution in [0, 0.1) is 20.8 Å². The zero-order valence-electron chi connectivity index (χ0n) is 12.5. The highest BCUT2D eigenvalue weighted by molar-refractivity contribution is 6.33. The number of nitrogen functional groups attached to an aromatic ring is 1. The highest BCUT2D eigenvalue weighted by Crippen LogP contribution is 2.30. The van der Waals surface area contributed by atoms with Gasteiger partial charge in [0.2, 0.25) is 0 Å². The molecule has 0 unspecified atom stereocenters. The SMILES string of the molecule is CCOC(=O)c1cc(N)cc(Cl)c1-n1nc(C)c(C)c1C. The summed E-state index contributed by atoms with van der Waals surface area (Å²) >= 11 is 6.30. The second-order valence-electron chi connectivity index (χ2n) is 4.83. The second-order valence-corrected chi connectivity index (χ2v) is 5.23. The molecule has 1 heterocycles. The number of carbonyl (C=O) groups excluding carboxylic acids is 1. The monoisotopic (exact) mass is 307 g/mol. The number of ether oxygens (including phenoxy) is 1. The third-order valence-electron chi connectivity index (χ3n) is 3.45. The van der Waals surface area contributed by atoms with Crippen LogP contribution >= 0.6 is 11.6 Å². The van der Waals surface area contributed by atoms with Gasteiger partial charge in [-0.2, -0.15) is 5.10 Å². The first kappa shape index (κ1) is 15.4. The molecule has 1 aromatic heterocycles. The topological polar surface area (TPSA) is 70.1 Å². The Kier molecular flexibility index (Phi) is 4.23. The number of rotatable bonds is 3. The molecule has 0 spiro atoms. The third-order valence-corrected chi connectivity index (χ3v) is 3.73. The molecule has 0 aliphatic rings. The molecular weight excluding hydrogens is 290 g/mol. The Labute approximate surface area is 128 Å². The molecule has 0 fully saturated rings. The molecule has 2 rings (SSSR count). The molecule has 0 amide bonds. The predicted octanol–water partition coefficient (Wildman–Crippen LogP) is 3.21. The first-order chi connectivity index (χ1) is 9.86. The van der Waals surface area contributed by atoms with Crippen LogP contribution in [0.5, 0.6) is 0 Å². The number of aromatic nitrogens is 2. The van der Waals surface area contributed by atoms with Gasteiger partial charge in [0.1, 0.15) is 0 Å². The zero-order chi connectivity index (χ0) is 15.7. The molecule has 0 aliphatic carbocycles. The quantitative estimate of drug-likeness (QED) is 0.698. The van der Waals surface area contributed by atoms with Crippen LogP contribution in [0.15, 0.2) is 12.1 Å². The van der Waals surface area contributed by atoms with Gasteiger partial charge in [0.15, 0.2) is 0 Å². The molecule has 2 aromatic rings. The predicted molar refractivity (Wildman–Crippen MR) is 83.2 cm³/mol. The van der Waals surface area contributed by atoms with Gasteiger partial charge >= 0.3 is 5.97 Å². The van der Waals surface area contributed by atoms with Crippen molar-refractivity contribution in [3.05, 3.63) is 39.7 Å². The summed E-state index contributed by atoms with van der Waals surface area (Å²) in [5.74, 6) is -0.466. The summed E-state index contributed by atoms with van der Waals surface area (Å²) in [6, 6.07) is 3.16. The number of halogens is 1. The largest absolute Gasteiger partial charge is 0.462 e. The van der Waals surface area contributed by atoms with Gasteiger partial charge < -0.3 is 10.5 Å². The number of nitrogens with zero attached hydrogens (tertiary/aromatic N) is 2.